The van der Waals surface area contributed by atoms with Crippen LogP contribution in [0.2, 0.25) is 0 Å². The Morgan fingerprint density at radius 1 is 1.12 bits per heavy atom. The standard InChI is InChI=1S/C19H24FN3O3/c1-4-21-19(23-12-14-7-5-6-8-15(14)20)22-11-13-9-16(25-2)18(24)17(10-13)26-3/h5-10,24H,4,11-12H2,1-3H3,(H2,21,22,23). The molecular formula is C19H24FN3O3. The van der Waals surface area contributed by atoms with Crippen molar-refractivity contribution in [2.24, 2.45) is 4.99 Å². The Morgan fingerprint density at radius 2 is 1.77 bits per heavy atom. The molecule has 6 nitrogen and oxygen atoms in total. The van der Waals surface area contributed by atoms with Gasteiger partial charge in [-0.1, -0.05) is 18.2 Å². The number of nitrogens with zero attached hydrogens (tertiary/aromatic N) is 1. The lowest BCUT2D eigenvalue weighted by atomic mass is 10.2. The summed E-state index contributed by atoms with van der Waals surface area (Å²) in [4.78, 5) is 4.49. The van der Waals surface area contributed by atoms with E-state index in [0.717, 1.165) is 5.56 Å². The molecular weight excluding hydrogens is 337 g/mol. The number of halogens is 1. The molecule has 0 saturated carbocycles. The number of phenolic OH excluding ortho intramolecular Hbond substituents is 1. The van der Waals surface area contributed by atoms with Gasteiger partial charge >= 0.3 is 0 Å². The highest BCUT2D eigenvalue weighted by Gasteiger charge is 2.11. The molecule has 0 amide bonds. The number of aromatic hydroxyl groups is 1. The second kappa shape index (κ2) is 9.50. The van der Waals surface area contributed by atoms with Crippen molar-refractivity contribution in [2.75, 3.05) is 20.8 Å². The number of ether oxygens (including phenoxy) is 2. The third-order valence-corrected chi connectivity index (χ3v) is 3.71. The molecule has 0 saturated heterocycles. The molecule has 0 spiro atoms. The van der Waals surface area contributed by atoms with Crippen LogP contribution in [0.25, 0.3) is 0 Å². The fourth-order valence-corrected chi connectivity index (χ4v) is 2.37. The van der Waals surface area contributed by atoms with E-state index in [-0.39, 0.29) is 11.6 Å². The summed E-state index contributed by atoms with van der Waals surface area (Å²) in [5, 5.41) is 16.2. The summed E-state index contributed by atoms with van der Waals surface area (Å²) in [6, 6.07) is 9.99. The number of aliphatic imine (C=N–C) groups is 1. The Kier molecular flexibility index (Phi) is 7.08. The van der Waals surface area contributed by atoms with Gasteiger partial charge in [-0.3, -0.25) is 0 Å². The maximum absolute atomic E-state index is 13.7. The fraction of sp³-hybridized carbons (Fsp3) is 0.316. The van der Waals surface area contributed by atoms with Crippen molar-refractivity contribution in [1.29, 1.82) is 0 Å². The van der Waals surface area contributed by atoms with Gasteiger partial charge in [0.1, 0.15) is 5.82 Å². The van der Waals surface area contributed by atoms with E-state index in [0.29, 0.717) is 42.7 Å². The molecule has 0 bridgehead atoms. The largest absolute Gasteiger partial charge is 0.502 e. The van der Waals surface area contributed by atoms with E-state index in [1.54, 1.807) is 30.3 Å². The molecule has 2 rings (SSSR count). The minimum atomic E-state index is -0.260. The van der Waals surface area contributed by atoms with Crippen LogP contribution >= 0.6 is 0 Å². The summed E-state index contributed by atoms with van der Waals surface area (Å²) in [6.45, 7) is 3.28. The zero-order valence-corrected chi connectivity index (χ0v) is 15.2. The molecule has 0 aromatic heterocycles. The summed E-state index contributed by atoms with van der Waals surface area (Å²) in [7, 11) is 2.95. The summed E-state index contributed by atoms with van der Waals surface area (Å²) in [5.41, 5.74) is 1.37. The van der Waals surface area contributed by atoms with Crippen molar-refractivity contribution in [2.45, 2.75) is 20.0 Å². The van der Waals surface area contributed by atoms with Crippen molar-refractivity contribution in [3.05, 3.63) is 53.3 Å². The topological polar surface area (TPSA) is 75.1 Å². The highest BCUT2D eigenvalue weighted by atomic mass is 19.1. The van der Waals surface area contributed by atoms with Gasteiger partial charge in [0.05, 0.1) is 20.8 Å². The van der Waals surface area contributed by atoms with Crippen LogP contribution in [0.3, 0.4) is 0 Å². The quantitative estimate of drug-likeness (QED) is 0.522. The second-order valence-corrected chi connectivity index (χ2v) is 5.49. The molecule has 0 fully saturated rings. The first-order valence-corrected chi connectivity index (χ1v) is 8.28. The highest BCUT2D eigenvalue weighted by Crippen LogP contribution is 2.37. The van der Waals surface area contributed by atoms with Gasteiger partial charge in [0.15, 0.2) is 17.5 Å². The number of methoxy groups -OCH3 is 2. The molecule has 0 aliphatic heterocycles. The Morgan fingerprint density at radius 3 is 2.35 bits per heavy atom. The Balaban J connectivity index is 2.12. The van der Waals surface area contributed by atoms with Gasteiger partial charge in [0, 0.05) is 18.7 Å². The lowest BCUT2D eigenvalue weighted by Crippen LogP contribution is -2.37. The number of phenols is 1. The van der Waals surface area contributed by atoms with E-state index in [2.05, 4.69) is 15.6 Å². The third kappa shape index (κ3) is 5.02. The van der Waals surface area contributed by atoms with E-state index in [1.807, 2.05) is 6.92 Å². The molecule has 26 heavy (non-hydrogen) atoms. The van der Waals surface area contributed by atoms with Crippen LogP contribution in [0, 0.1) is 5.82 Å². The van der Waals surface area contributed by atoms with Crippen molar-refractivity contribution >= 4 is 5.96 Å². The molecule has 0 unspecified atom stereocenters. The average molecular weight is 361 g/mol. The van der Waals surface area contributed by atoms with Crippen LogP contribution < -0.4 is 20.1 Å². The monoisotopic (exact) mass is 361 g/mol. The third-order valence-electron chi connectivity index (χ3n) is 3.71. The fourth-order valence-electron chi connectivity index (χ4n) is 2.37. The van der Waals surface area contributed by atoms with Crippen molar-refractivity contribution < 1.29 is 19.0 Å². The van der Waals surface area contributed by atoms with Crippen LogP contribution in [-0.2, 0) is 13.1 Å². The summed E-state index contributed by atoms with van der Waals surface area (Å²) < 4.78 is 24.0. The first kappa shape index (κ1) is 19.4. The van der Waals surface area contributed by atoms with Gasteiger partial charge < -0.3 is 25.2 Å². The van der Waals surface area contributed by atoms with Gasteiger partial charge in [-0.15, -0.1) is 0 Å². The van der Waals surface area contributed by atoms with Crippen molar-refractivity contribution in [3.63, 3.8) is 0 Å². The van der Waals surface area contributed by atoms with Gasteiger partial charge in [-0.2, -0.15) is 0 Å². The molecule has 0 aliphatic carbocycles. The smallest absolute Gasteiger partial charge is 0.200 e. The number of nitrogens with one attached hydrogen (secondary N) is 2. The maximum atomic E-state index is 13.7. The predicted molar refractivity (Wildman–Crippen MR) is 99.3 cm³/mol. The molecule has 7 heteroatoms. The predicted octanol–water partition coefficient (Wildman–Crippen LogP) is 2.80. The molecule has 3 N–H and O–H groups in total. The Bertz CT molecular complexity index is 740. The SMILES string of the molecule is CCNC(=NCc1cc(OC)c(O)c(OC)c1)NCc1ccccc1F. The molecule has 140 valence electrons. The highest BCUT2D eigenvalue weighted by molar-refractivity contribution is 5.79. The van der Waals surface area contributed by atoms with Gasteiger partial charge in [-0.25, -0.2) is 9.38 Å². The van der Waals surface area contributed by atoms with Crippen LogP contribution in [-0.4, -0.2) is 31.8 Å². The van der Waals surface area contributed by atoms with E-state index >= 15 is 0 Å². The minimum Gasteiger partial charge on any atom is -0.502 e. The van der Waals surface area contributed by atoms with E-state index in [4.69, 9.17) is 9.47 Å². The first-order valence-electron chi connectivity index (χ1n) is 8.28. The Hall–Kier alpha value is -2.96. The lowest BCUT2D eigenvalue weighted by molar-refractivity contribution is 0.339. The van der Waals surface area contributed by atoms with Gasteiger partial charge in [0.2, 0.25) is 5.75 Å². The summed E-state index contributed by atoms with van der Waals surface area (Å²) >= 11 is 0. The molecule has 0 aliphatic rings. The van der Waals surface area contributed by atoms with E-state index in [1.165, 1.54) is 20.3 Å². The molecule has 2 aromatic rings. The minimum absolute atomic E-state index is 0.0488. The molecule has 0 atom stereocenters. The van der Waals surface area contributed by atoms with Gasteiger partial charge in [0.25, 0.3) is 0 Å². The molecule has 2 aromatic carbocycles. The van der Waals surface area contributed by atoms with E-state index < -0.39 is 0 Å². The second-order valence-electron chi connectivity index (χ2n) is 5.49. The van der Waals surface area contributed by atoms with E-state index in [9.17, 15) is 9.50 Å². The summed E-state index contributed by atoms with van der Waals surface area (Å²) in [5.74, 6) is 0.885. The average Bonchev–Trinajstić information content (AvgIpc) is 2.66. The summed E-state index contributed by atoms with van der Waals surface area (Å²) in [6.07, 6.45) is 0. The zero-order valence-electron chi connectivity index (χ0n) is 15.2. The molecule has 0 radical (unpaired) electrons. The van der Waals surface area contributed by atoms with Crippen molar-refractivity contribution in [1.82, 2.24) is 10.6 Å². The normalized spacial score (nSPS) is 11.2. The number of rotatable bonds is 7. The van der Waals surface area contributed by atoms with Crippen molar-refractivity contribution in [3.8, 4) is 17.2 Å². The number of hydrogen-bond acceptors (Lipinski definition) is 4. The first-order chi connectivity index (χ1) is 12.6. The number of benzene rings is 2. The number of guanidine groups is 1. The maximum Gasteiger partial charge on any atom is 0.200 e. The van der Waals surface area contributed by atoms with Crippen LogP contribution in [0.4, 0.5) is 4.39 Å². The molecule has 0 heterocycles. The lowest BCUT2D eigenvalue weighted by Gasteiger charge is -2.13. The van der Waals surface area contributed by atoms with Crippen LogP contribution in [0.15, 0.2) is 41.4 Å². The Labute approximate surface area is 152 Å². The van der Waals surface area contributed by atoms with Crippen LogP contribution in [0.5, 0.6) is 17.2 Å². The zero-order chi connectivity index (χ0) is 18.9. The van der Waals surface area contributed by atoms with Crippen LogP contribution in [0.1, 0.15) is 18.1 Å². The van der Waals surface area contributed by atoms with Gasteiger partial charge in [-0.05, 0) is 30.7 Å². The number of hydrogen-bond donors (Lipinski definition) is 3.